The summed E-state index contributed by atoms with van der Waals surface area (Å²) in [6, 6.07) is 13.7. The van der Waals surface area contributed by atoms with Crippen LogP contribution in [0.3, 0.4) is 0 Å². The van der Waals surface area contributed by atoms with Crippen molar-refractivity contribution < 1.29 is 36.8 Å². The van der Waals surface area contributed by atoms with Gasteiger partial charge in [-0.15, -0.1) is 4.72 Å². The van der Waals surface area contributed by atoms with Crippen LogP contribution < -0.4 is 15.4 Å². The van der Waals surface area contributed by atoms with Crippen LogP contribution in [0, 0.1) is 11.7 Å². The van der Waals surface area contributed by atoms with Crippen LogP contribution in [0.5, 0.6) is 0 Å². The molecule has 5 rings (SSSR count). The van der Waals surface area contributed by atoms with Gasteiger partial charge in [0.15, 0.2) is 5.69 Å². The molecule has 0 saturated heterocycles. The number of carbonyl (C=O) groups excluding carboxylic acids is 1. The molecule has 4 N–H and O–H groups in total. The summed E-state index contributed by atoms with van der Waals surface area (Å²) in [5, 5.41) is 16.7. The zero-order valence-corrected chi connectivity index (χ0v) is 28.1. The second kappa shape index (κ2) is 14.6. The predicted octanol–water partition coefficient (Wildman–Crippen LogP) is 7.09. The molecule has 0 radical (unpaired) electrons. The molecule has 2 heterocycles. The van der Waals surface area contributed by atoms with Crippen LogP contribution in [0.2, 0.25) is 0 Å². The van der Waals surface area contributed by atoms with Crippen molar-refractivity contribution in [3.8, 4) is 5.69 Å². The molecule has 16 heteroatoms. The number of carboxylic acid groups (broad SMARTS) is 1. The third-order valence-electron chi connectivity index (χ3n) is 8.02. The van der Waals surface area contributed by atoms with Gasteiger partial charge < -0.3 is 15.0 Å². The summed E-state index contributed by atoms with van der Waals surface area (Å²) in [6.07, 6.45) is 1.14. The van der Waals surface area contributed by atoms with Gasteiger partial charge in [-0.25, -0.2) is 18.9 Å². The molecule has 2 atom stereocenters. The number of aliphatic imine (C=N–C) groups is 1. The van der Waals surface area contributed by atoms with Gasteiger partial charge in [0, 0.05) is 29.8 Å². The normalized spacial score (nSPS) is 15.4. The third kappa shape index (κ3) is 8.67. The number of alkyl halides is 3. The minimum atomic E-state index is -4.92. The Hall–Kier alpha value is -4.80. The van der Waals surface area contributed by atoms with Crippen molar-refractivity contribution in [1.82, 2.24) is 24.8 Å². The standard InChI is InChI=1S/C34H35F4N7O4S/c1-32(2,3)50(49)44-33(14-13-21-9-10-21,23-6-5-15-39-19-23)22-11-12-26(35)27(16-22)42-30(46)28-18-29(34(36,37)38)43-45(28)25-8-4-7-24(17-25)40-20-41-31(47)48/h4-8,11-12,15-21,44H,9-10,13-14H2,1-3H3,(H,40,41)(H,42,46)(H,47,48)/t33-,50-/m1/s1. The molecule has 1 aliphatic rings. The number of hydrogen-bond donors (Lipinski definition) is 4. The highest BCUT2D eigenvalue weighted by Crippen LogP contribution is 2.43. The van der Waals surface area contributed by atoms with Gasteiger partial charge in [0.2, 0.25) is 0 Å². The van der Waals surface area contributed by atoms with E-state index in [1.165, 1.54) is 36.4 Å². The highest BCUT2D eigenvalue weighted by Gasteiger charge is 2.44. The molecular weight excluding hydrogens is 678 g/mol. The average Bonchev–Trinajstić information content (AvgIpc) is 3.77. The summed E-state index contributed by atoms with van der Waals surface area (Å²) in [5.41, 5.74) is -2.13. The molecule has 2 amide bonds. The molecule has 0 aliphatic heterocycles. The maximum absolute atomic E-state index is 15.5. The lowest BCUT2D eigenvalue weighted by molar-refractivity contribution is -0.141. The fourth-order valence-electron chi connectivity index (χ4n) is 5.20. The van der Waals surface area contributed by atoms with E-state index in [2.05, 4.69) is 25.1 Å². The lowest BCUT2D eigenvalue weighted by atomic mass is 9.80. The number of halogens is 4. The summed E-state index contributed by atoms with van der Waals surface area (Å²) in [7, 11) is 0. The van der Waals surface area contributed by atoms with Gasteiger partial charge in [0.1, 0.15) is 21.8 Å². The first-order chi connectivity index (χ1) is 23.6. The molecule has 0 unspecified atom stereocenters. The number of rotatable bonds is 12. The molecule has 0 bridgehead atoms. The minimum Gasteiger partial charge on any atom is -0.598 e. The van der Waals surface area contributed by atoms with Crippen molar-refractivity contribution in [1.29, 1.82) is 0 Å². The lowest BCUT2D eigenvalue weighted by Gasteiger charge is -2.38. The number of nitrogens with one attached hydrogen (secondary N) is 3. The number of hydrogen-bond acceptors (Lipinski definition) is 7. The summed E-state index contributed by atoms with van der Waals surface area (Å²) in [6.45, 7) is 5.44. The quantitative estimate of drug-likeness (QED) is 0.0529. The number of benzene rings is 2. The Balaban J connectivity index is 1.56. The maximum Gasteiger partial charge on any atom is 0.435 e. The second-order valence-electron chi connectivity index (χ2n) is 12.8. The number of anilines is 1. The van der Waals surface area contributed by atoms with Gasteiger partial charge in [-0.2, -0.15) is 18.3 Å². The Labute approximate surface area is 288 Å². The molecule has 1 saturated carbocycles. The van der Waals surface area contributed by atoms with Gasteiger partial charge >= 0.3 is 12.3 Å². The number of aromatic nitrogens is 3. The van der Waals surface area contributed by atoms with Crippen molar-refractivity contribution in [3.05, 3.63) is 101 Å². The topological polar surface area (TPSA) is 157 Å². The van der Waals surface area contributed by atoms with Crippen LogP contribution in [0.1, 0.15) is 73.8 Å². The first-order valence-corrected chi connectivity index (χ1v) is 16.7. The first kappa shape index (κ1) is 36.5. The monoisotopic (exact) mass is 713 g/mol. The van der Waals surface area contributed by atoms with Crippen LogP contribution in [0.25, 0.3) is 5.69 Å². The Morgan fingerprint density at radius 1 is 1.08 bits per heavy atom. The largest absolute Gasteiger partial charge is 0.598 e. The van der Waals surface area contributed by atoms with Gasteiger partial charge in [-0.3, -0.25) is 15.1 Å². The van der Waals surface area contributed by atoms with Crippen LogP contribution in [-0.2, 0) is 23.1 Å². The van der Waals surface area contributed by atoms with Gasteiger partial charge in [0.25, 0.3) is 5.91 Å². The Morgan fingerprint density at radius 2 is 1.84 bits per heavy atom. The number of nitrogens with zero attached hydrogens (tertiary/aromatic N) is 4. The van der Waals surface area contributed by atoms with Crippen LogP contribution >= 0.6 is 0 Å². The molecule has 1 aliphatic carbocycles. The average molecular weight is 714 g/mol. The van der Waals surface area contributed by atoms with E-state index in [1.54, 1.807) is 18.5 Å². The second-order valence-corrected chi connectivity index (χ2v) is 14.8. The van der Waals surface area contributed by atoms with E-state index < -0.39 is 57.0 Å². The summed E-state index contributed by atoms with van der Waals surface area (Å²) in [5.74, 6) is -1.48. The van der Waals surface area contributed by atoms with Gasteiger partial charge in [-0.05, 0) is 87.1 Å². The Morgan fingerprint density at radius 3 is 2.48 bits per heavy atom. The van der Waals surface area contributed by atoms with E-state index in [-0.39, 0.29) is 17.1 Å². The number of carbonyl (C=O) groups is 2. The van der Waals surface area contributed by atoms with Crippen LogP contribution in [0.4, 0.5) is 33.7 Å². The molecular formula is C34H35F4N7O4S. The predicted molar refractivity (Wildman–Crippen MR) is 180 cm³/mol. The van der Waals surface area contributed by atoms with E-state index in [4.69, 9.17) is 5.11 Å². The van der Waals surface area contributed by atoms with E-state index in [1.807, 2.05) is 32.2 Å². The minimum absolute atomic E-state index is 0.00521. The van der Waals surface area contributed by atoms with E-state index in [0.717, 1.165) is 36.3 Å². The molecule has 2 aromatic carbocycles. The van der Waals surface area contributed by atoms with Gasteiger partial charge in [-0.1, -0.05) is 31.0 Å². The van der Waals surface area contributed by atoms with Crippen LogP contribution in [-0.4, -0.2) is 47.5 Å². The van der Waals surface area contributed by atoms with Gasteiger partial charge in [0.05, 0.1) is 23.4 Å². The lowest BCUT2D eigenvalue weighted by Crippen LogP contribution is -2.52. The smallest absolute Gasteiger partial charge is 0.435 e. The van der Waals surface area contributed by atoms with E-state index >= 15 is 4.39 Å². The summed E-state index contributed by atoms with van der Waals surface area (Å²) >= 11 is -1.61. The highest BCUT2D eigenvalue weighted by molar-refractivity contribution is 7.90. The highest BCUT2D eigenvalue weighted by atomic mass is 32.2. The van der Waals surface area contributed by atoms with Crippen LogP contribution in [0.15, 0.2) is 78.0 Å². The molecule has 50 heavy (non-hydrogen) atoms. The first-order valence-electron chi connectivity index (χ1n) is 15.6. The zero-order chi connectivity index (χ0) is 36.3. The third-order valence-corrected chi connectivity index (χ3v) is 9.66. The SMILES string of the molecule is CC(C)(C)[S@@+]([O-])N[C@@](CCC1CC1)(c1cccnc1)c1ccc(F)c(NC(=O)c2cc(C(F)(F)F)nn2-c2cccc(N=CNC(=O)O)c2)c1. The van der Waals surface area contributed by atoms with Crippen molar-refractivity contribution in [2.24, 2.45) is 10.9 Å². The fourth-order valence-corrected chi connectivity index (χ4v) is 6.16. The zero-order valence-electron chi connectivity index (χ0n) is 27.3. The number of amides is 2. The summed E-state index contributed by atoms with van der Waals surface area (Å²) < 4.78 is 74.1. The van der Waals surface area contributed by atoms with E-state index in [0.29, 0.717) is 29.5 Å². The number of pyridine rings is 1. The van der Waals surface area contributed by atoms with Crippen molar-refractivity contribution >= 4 is 41.1 Å². The maximum atomic E-state index is 15.5. The Kier molecular flexibility index (Phi) is 10.6. The molecule has 264 valence electrons. The van der Waals surface area contributed by atoms with Crippen molar-refractivity contribution in [3.63, 3.8) is 0 Å². The molecule has 2 aromatic heterocycles. The fraction of sp³-hybridized carbons (Fsp3) is 0.324. The molecule has 4 aromatic rings. The molecule has 0 spiro atoms. The Bertz CT molecular complexity index is 1880. The molecule has 11 nitrogen and oxygen atoms in total. The van der Waals surface area contributed by atoms with Crippen molar-refractivity contribution in [2.75, 3.05) is 5.32 Å². The summed E-state index contributed by atoms with van der Waals surface area (Å²) in [4.78, 5) is 32.6. The van der Waals surface area contributed by atoms with E-state index in [9.17, 15) is 27.3 Å². The molecule has 1 fully saturated rings. The van der Waals surface area contributed by atoms with Crippen molar-refractivity contribution in [2.45, 2.75) is 62.9 Å².